The monoisotopic (exact) mass is 386 g/mol. The Kier molecular flexibility index (Phi) is 5.24. The molecular formula is C21H27ClN4O. The molecule has 0 radical (unpaired) electrons. The van der Waals surface area contributed by atoms with Gasteiger partial charge in [0.2, 0.25) is 5.91 Å². The zero-order valence-corrected chi connectivity index (χ0v) is 16.7. The molecule has 0 bridgehead atoms. The summed E-state index contributed by atoms with van der Waals surface area (Å²) in [6.07, 6.45) is 4.86. The van der Waals surface area contributed by atoms with Crippen LogP contribution in [0.25, 0.3) is 0 Å². The second-order valence-corrected chi connectivity index (χ2v) is 8.21. The lowest BCUT2D eigenvalue weighted by molar-refractivity contribution is -0.123. The normalized spacial score (nSPS) is 22.9. The van der Waals surface area contributed by atoms with Gasteiger partial charge in [-0.2, -0.15) is 5.10 Å². The van der Waals surface area contributed by atoms with E-state index in [0.717, 1.165) is 43.9 Å². The van der Waals surface area contributed by atoms with Crippen molar-refractivity contribution in [3.63, 3.8) is 0 Å². The Morgan fingerprint density at radius 1 is 1.30 bits per heavy atom. The van der Waals surface area contributed by atoms with Crippen LogP contribution in [0.4, 0.5) is 0 Å². The molecule has 1 aromatic heterocycles. The van der Waals surface area contributed by atoms with E-state index in [4.69, 9.17) is 11.6 Å². The van der Waals surface area contributed by atoms with Crippen molar-refractivity contribution < 1.29 is 4.79 Å². The summed E-state index contributed by atoms with van der Waals surface area (Å²) in [7, 11) is 1.97. The first-order valence-corrected chi connectivity index (χ1v) is 10.2. The van der Waals surface area contributed by atoms with Gasteiger partial charge >= 0.3 is 0 Å². The summed E-state index contributed by atoms with van der Waals surface area (Å²) in [5, 5.41) is 8.48. The molecule has 2 aliphatic rings. The van der Waals surface area contributed by atoms with Crippen molar-refractivity contribution >= 4 is 17.5 Å². The van der Waals surface area contributed by atoms with Gasteiger partial charge in [0.05, 0.1) is 6.04 Å². The van der Waals surface area contributed by atoms with E-state index < -0.39 is 0 Å². The largest absolute Gasteiger partial charge is 0.351 e. The third-order valence-electron chi connectivity index (χ3n) is 5.89. The number of hydrogen-bond donors (Lipinski definition) is 1. The number of rotatable bonds is 6. The fraction of sp³-hybridized carbons (Fsp3) is 0.524. The number of nitrogens with one attached hydrogen (secondary N) is 1. The number of hydrogen-bond acceptors (Lipinski definition) is 3. The molecule has 1 aliphatic carbocycles. The quantitative estimate of drug-likeness (QED) is 0.829. The molecule has 0 unspecified atom stereocenters. The van der Waals surface area contributed by atoms with Crippen LogP contribution in [0.15, 0.2) is 30.5 Å². The molecule has 27 heavy (non-hydrogen) atoms. The summed E-state index contributed by atoms with van der Waals surface area (Å²) in [5.41, 5.74) is 3.68. The minimum absolute atomic E-state index is 0.112. The molecule has 2 aromatic rings. The maximum Gasteiger partial charge on any atom is 0.223 e. The lowest BCUT2D eigenvalue weighted by atomic mass is 9.99. The van der Waals surface area contributed by atoms with E-state index in [1.165, 1.54) is 16.8 Å². The van der Waals surface area contributed by atoms with Gasteiger partial charge in [0, 0.05) is 55.4 Å². The highest BCUT2D eigenvalue weighted by Gasteiger charge is 2.39. The number of aryl methyl sites for hydroxylation is 2. The van der Waals surface area contributed by atoms with Crippen molar-refractivity contribution in [2.24, 2.45) is 13.0 Å². The van der Waals surface area contributed by atoms with Gasteiger partial charge in [0.25, 0.3) is 0 Å². The Bertz CT molecular complexity index is 829. The van der Waals surface area contributed by atoms with Gasteiger partial charge in [0.1, 0.15) is 0 Å². The summed E-state index contributed by atoms with van der Waals surface area (Å²) in [4.78, 5) is 14.8. The molecule has 1 saturated heterocycles. The summed E-state index contributed by atoms with van der Waals surface area (Å²) >= 11 is 6.51. The number of halogens is 1. The minimum atomic E-state index is 0.112. The fourth-order valence-electron chi connectivity index (χ4n) is 4.19. The molecule has 1 N–H and O–H groups in total. The number of nitrogens with zero attached hydrogens (tertiary/aromatic N) is 3. The summed E-state index contributed by atoms with van der Waals surface area (Å²) in [5.74, 6) is 0.676. The number of likely N-dealkylation sites (tertiary alicyclic amines) is 1. The Hall–Kier alpha value is -1.85. The van der Waals surface area contributed by atoms with Crippen LogP contribution >= 0.6 is 11.6 Å². The van der Waals surface area contributed by atoms with Crippen LogP contribution in [-0.4, -0.2) is 39.7 Å². The lowest BCUT2D eigenvalue weighted by Crippen LogP contribution is -2.41. The van der Waals surface area contributed by atoms with Gasteiger partial charge in [-0.1, -0.05) is 30.7 Å². The van der Waals surface area contributed by atoms with E-state index in [1.807, 2.05) is 30.1 Å². The molecule has 5 nitrogen and oxygen atoms in total. The Morgan fingerprint density at radius 2 is 2.11 bits per heavy atom. The second-order valence-electron chi connectivity index (χ2n) is 7.80. The van der Waals surface area contributed by atoms with Crippen LogP contribution in [0.3, 0.4) is 0 Å². The zero-order valence-electron chi connectivity index (χ0n) is 16.0. The van der Waals surface area contributed by atoms with Crippen LogP contribution in [-0.2, 0) is 24.8 Å². The van der Waals surface area contributed by atoms with Crippen LogP contribution in [0.2, 0.25) is 5.02 Å². The number of carbonyl (C=O) groups excluding carboxylic acids is 1. The third-order valence-corrected chi connectivity index (χ3v) is 6.24. The SMILES string of the molecule is CCc1cccc(Cl)c1CN1C[C@@H](NC(=O)C2CC2)[C@H](c2ccnn2C)C1. The van der Waals surface area contributed by atoms with Crippen molar-refractivity contribution in [3.05, 3.63) is 52.3 Å². The van der Waals surface area contributed by atoms with E-state index >= 15 is 0 Å². The highest BCUT2D eigenvalue weighted by Crippen LogP contribution is 2.33. The topological polar surface area (TPSA) is 50.2 Å². The van der Waals surface area contributed by atoms with Crippen molar-refractivity contribution in [2.75, 3.05) is 13.1 Å². The predicted molar refractivity (Wildman–Crippen MR) is 107 cm³/mol. The third kappa shape index (κ3) is 3.90. The average molecular weight is 387 g/mol. The lowest BCUT2D eigenvalue weighted by Gasteiger charge is -2.20. The molecular weight excluding hydrogens is 360 g/mol. The van der Waals surface area contributed by atoms with Gasteiger partial charge in [-0.3, -0.25) is 14.4 Å². The van der Waals surface area contributed by atoms with Gasteiger partial charge in [-0.05, 0) is 42.5 Å². The number of amides is 1. The molecule has 1 aromatic carbocycles. The molecule has 144 valence electrons. The molecule has 4 rings (SSSR count). The molecule has 1 saturated carbocycles. The van der Waals surface area contributed by atoms with Crippen molar-refractivity contribution in [3.8, 4) is 0 Å². The molecule has 2 fully saturated rings. The van der Waals surface area contributed by atoms with Gasteiger partial charge < -0.3 is 5.32 Å². The van der Waals surface area contributed by atoms with Gasteiger partial charge in [0.15, 0.2) is 0 Å². The highest BCUT2D eigenvalue weighted by atomic mass is 35.5. The van der Waals surface area contributed by atoms with E-state index in [-0.39, 0.29) is 23.8 Å². The standard InChI is InChI=1S/C21H27ClN4O/c1-3-14-5-4-6-18(22)16(14)11-26-12-17(20-9-10-23-25(20)2)19(13-26)24-21(27)15-7-8-15/h4-6,9-10,15,17,19H,3,7-8,11-13H2,1-2H3,(H,24,27)/t17-,19-/m1/s1. The molecule has 1 aliphatic heterocycles. The zero-order chi connectivity index (χ0) is 19.0. The maximum absolute atomic E-state index is 12.4. The first kappa shape index (κ1) is 18.5. The van der Waals surface area contributed by atoms with E-state index in [2.05, 4.69) is 34.4 Å². The van der Waals surface area contributed by atoms with Crippen LogP contribution in [0.5, 0.6) is 0 Å². The molecule has 2 heterocycles. The van der Waals surface area contributed by atoms with Crippen molar-refractivity contribution in [1.29, 1.82) is 0 Å². The van der Waals surface area contributed by atoms with Crippen LogP contribution < -0.4 is 5.32 Å². The Morgan fingerprint density at radius 3 is 2.78 bits per heavy atom. The molecule has 0 spiro atoms. The first-order chi connectivity index (χ1) is 13.1. The Balaban J connectivity index is 1.55. The molecule has 2 atom stereocenters. The second kappa shape index (κ2) is 7.64. The maximum atomic E-state index is 12.4. The van der Waals surface area contributed by atoms with E-state index in [0.29, 0.717) is 0 Å². The number of benzene rings is 1. The van der Waals surface area contributed by atoms with Crippen LogP contribution in [0.1, 0.15) is 42.5 Å². The highest BCUT2D eigenvalue weighted by molar-refractivity contribution is 6.31. The molecule has 6 heteroatoms. The van der Waals surface area contributed by atoms with E-state index in [1.54, 1.807) is 0 Å². The van der Waals surface area contributed by atoms with E-state index in [9.17, 15) is 4.79 Å². The minimum Gasteiger partial charge on any atom is -0.351 e. The number of carbonyl (C=O) groups is 1. The summed E-state index contributed by atoms with van der Waals surface area (Å²) in [6, 6.07) is 8.32. The first-order valence-electron chi connectivity index (χ1n) is 9.83. The molecule has 1 amide bonds. The van der Waals surface area contributed by atoms with Crippen molar-refractivity contribution in [2.45, 2.75) is 44.7 Å². The summed E-state index contributed by atoms with van der Waals surface area (Å²) < 4.78 is 1.93. The summed E-state index contributed by atoms with van der Waals surface area (Å²) in [6.45, 7) is 4.70. The van der Waals surface area contributed by atoms with Gasteiger partial charge in [-0.15, -0.1) is 0 Å². The fourth-order valence-corrected chi connectivity index (χ4v) is 4.44. The average Bonchev–Trinajstić information content (AvgIpc) is 3.32. The smallest absolute Gasteiger partial charge is 0.223 e. The Labute approximate surface area is 165 Å². The van der Waals surface area contributed by atoms with Gasteiger partial charge in [-0.25, -0.2) is 0 Å². The number of aromatic nitrogens is 2. The predicted octanol–water partition coefficient (Wildman–Crippen LogP) is 3.13. The van der Waals surface area contributed by atoms with Crippen molar-refractivity contribution in [1.82, 2.24) is 20.0 Å². The van der Waals surface area contributed by atoms with Crippen LogP contribution in [0, 0.1) is 5.92 Å².